The lowest BCUT2D eigenvalue weighted by Gasteiger charge is -2.21. The van der Waals surface area contributed by atoms with Crippen molar-refractivity contribution >= 4 is 5.91 Å². The van der Waals surface area contributed by atoms with Crippen LogP contribution in [-0.4, -0.2) is 38.9 Å². The zero-order valence-electron chi connectivity index (χ0n) is 12.2. The molecule has 0 aromatic carbocycles. The highest BCUT2D eigenvalue weighted by Crippen LogP contribution is 2.02. The molecular formula is C13H29NO3. The summed E-state index contributed by atoms with van der Waals surface area (Å²) in [7, 11) is 1.67. The minimum atomic E-state index is -0.00538. The van der Waals surface area contributed by atoms with E-state index in [9.17, 15) is 4.79 Å². The molecule has 1 amide bonds. The highest BCUT2D eigenvalue weighted by atomic mass is 16.5. The third-order valence-corrected chi connectivity index (χ3v) is 2.13. The van der Waals surface area contributed by atoms with E-state index >= 15 is 0 Å². The lowest BCUT2D eigenvalue weighted by Crippen LogP contribution is -2.40. The number of amides is 1. The van der Waals surface area contributed by atoms with Gasteiger partial charge in [-0.05, 0) is 12.3 Å². The number of methoxy groups -OCH3 is 1. The summed E-state index contributed by atoms with van der Waals surface area (Å²) in [5, 5.41) is 2.88. The van der Waals surface area contributed by atoms with Crippen LogP contribution in [0.4, 0.5) is 0 Å². The Morgan fingerprint density at radius 3 is 2.24 bits per heavy atom. The van der Waals surface area contributed by atoms with E-state index in [0.29, 0.717) is 25.7 Å². The molecule has 0 rings (SSSR count). The van der Waals surface area contributed by atoms with Crippen molar-refractivity contribution in [2.45, 2.75) is 47.1 Å². The van der Waals surface area contributed by atoms with Gasteiger partial charge >= 0.3 is 0 Å². The molecule has 0 saturated carbocycles. The van der Waals surface area contributed by atoms with Crippen LogP contribution in [0.15, 0.2) is 0 Å². The molecule has 0 aromatic rings. The largest absolute Gasteiger partial charge is 0.385 e. The van der Waals surface area contributed by atoms with E-state index in [1.807, 2.05) is 13.8 Å². The number of carbonyl (C=O) groups is 1. The van der Waals surface area contributed by atoms with Crippen molar-refractivity contribution < 1.29 is 14.3 Å². The second kappa shape index (κ2) is 13.5. The Bertz CT molecular complexity index is 172. The summed E-state index contributed by atoms with van der Waals surface area (Å²) in [6.45, 7) is 11.6. The highest BCUT2D eigenvalue weighted by Gasteiger charge is 2.13. The van der Waals surface area contributed by atoms with Crippen molar-refractivity contribution in [1.29, 1.82) is 0 Å². The maximum Gasteiger partial charge on any atom is 0.217 e. The molecule has 0 aliphatic carbocycles. The number of hydrogen-bond donors (Lipinski definition) is 1. The van der Waals surface area contributed by atoms with Crippen molar-refractivity contribution in [1.82, 2.24) is 5.32 Å². The summed E-state index contributed by atoms with van der Waals surface area (Å²) in [6.07, 6.45) is 0.890. The maximum absolute atomic E-state index is 10.9. The van der Waals surface area contributed by atoms with E-state index < -0.39 is 0 Å². The Morgan fingerprint density at radius 2 is 1.82 bits per heavy atom. The average molecular weight is 247 g/mol. The minimum absolute atomic E-state index is 0.00538. The van der Waals surface area contributed by atoms with Gasteiger partial charge in [0.1, 0.15) is 0 Å². The first kappa shape index (κ1) is 18.7. The van der Waals surface area contributed by atoms with Gasteiger partial charge in [0, 0.05) is 27.2 Å². The van der Waals surface area contributed by atoms with Gasteiger partial charge < -0.3 is 14.8 Å². The van der Waals surface area contributed by atoms with Crippen LogP contribution in [0.5, 0.6) is 0 Å². The van der Waals surface area contributed by atoms with E-state index in [0.717, 1.165) is 6.42 Å². The first-order chi connectivity index (χ1) is 8.07. The topological polar surface area (TPSA) is 47.6 Å². The summed E-state index contributed by atoms with van der Waals surface area (Å²) in [5.41, 5.74) is 0. The molecule has 0 radical (unpaired) electrons. The van der Waals surface area contributed by atoms with Gasteiger partial charge in [0.15, 0.2) is 0 Å². The van der Waals surface area contributed by atoms with Crippen LogP contribution < -0.4 is 5.32 Å². The van der Waals surface area contributed by atoms with Crippen LogP contribution >= 0.6 is 0 Å². The first-order valence-electron chi connectivity index (χ1n) is 6.41. The van der Waals surface area contributed by atoms with Crippen LogP contribution in [0.25, 0.3) is 0 Å². The molecule has 0 fully saturated rings. The monoisotopic (exact) mass is 247 g/mol. The van der Waals surface area contributed by atoms with E-state index in [-0.39, 0.29) is 11.9 Å². The van der Waals surface area contributed by atoms with E-state index in [1.165, 1.54) is 6.92 Å². The molecule has 104 valence electrons. The summed E-state index contributed by atoms with van der Waals surface area (Å²) in [6, 6.07) is 0.102. The highest BCUT2D eigenvalue weighted by molar-refractivity contribution is 5.73. The van der Waals surface area contributed by atoms with Crippen LogP contribution in [0.2, 0.25) is 0 Å². The van der Waals surface area contributed by atoms with Crippen LogP contribution in [0, 0.1) is 5.92 Å². The van der Waals surface area contributed by atoms with Crippen molar-refractivity contribution in [3.05, 3.63) is 0 Å². The number of carbonyl (C=O) groups excluding carboxylic acids is 1. The van der Waals surface area contributed by atoms with E-state index in [4.69, 9.17) is 9.47 Å². The Hall–Kier alpha value is -0.610. The summed E-state index contributed by atoms with van der Waals surface area (Å²) >= 11 is 0. The Labute approximate surface area is 106 Å². The average Bonchev–Trinajstić information content (AvgIpc) is 2.29. The molecule has 0 bridgehead atoms. The summed E-state index contributed by atoms with van der Waals surface area (Å²) in [4.78, 5) is 10.9. The fourth-order valence-corrected chi connectivity index (χ4v) is 1.18. The molecule has 17 heavy (non-hydrogen) atoms. The number of ether oxygens (including phenoxy) is 2. The lowest BCUT2D eigenvalue weighted by atomic mass is 10.1. The van der Waals surface area contributed by atoms with Gasteiger partial charge in [0.25, 0.3) is 0 Å². The fraction of sp³-hybridized carbons (Fsp3) is 0.923. The molecule has 1 unspecified atom stereocenters. The third-order valence-electron chi connectivity index (χ3n) is 2.13. The van der Waals surface area contributed by atoms with Gasteiger partial charge in [-0.25, -0.2) is 0 Å². The molecule has 0 spiro atoms. The molecular weight excluding hydrogens is 218 g/mol. The summed E-state index contributed by atoms with van der Waals surface area (Å²) < 4.78 is 10.4. The van der Waals surface area contributed by atoms with Crippen LogP contribution in [0.1, 0.15) is 41.0 Å². The van der Waals surface area contributed by atoms with Gasteiger partial charge in [-0.15, -0.1) is 0 Å². The molecule has 0 saturated heterocycles. The standard InChI is InChI=1S/C11H23NO3.C2H6/c1-9(2)11(12-10(3)13)8-15-7-5-6-14-4;1-2/h9,11H,5-8H2,1-4H3,(H,12,13);1-2H3. The molecule has 0 aliphatic rings. The van der Waals surface area contributed by atoms with E-state index in [2.05, 4.69) is 19.2 Å². The van der Waals surface area contributed by atoms with Gasteiger partial charge in [-0.2, -0.15) is 0 Å². The van der Waals surface area contributed by atoms with Crippen LogP contribution in [0.3, 0.4) is 0 Å². The minimum Gasteiger partial charge on any atom is -0.385 e. The second-order valence-corrected chi connectivity index (χ2v) is 3.97. The normalized spacial score (nSPS) is 11.7. The third kappa shape index (κ3) is 13.3. The van der Waals surface area contributed by atoms with Gasteiger partial charge in [-0.1, -0.05) is 27.7 Å². The Morgan fingerprint density at radius 1 is 1.24 bits per heavy atom. The lowest BCUT2D eigenvalue weighted by molar-refractivity contribution is -0.120. The Balaban J connectivity index is 0. The molecule has 4 heteroatoms. The molecule has 0 aliphatic heterocycles. The van der Waals surface area contributed by atoms with Crippen molar-refractivity contribution in [3.8, 4) is 0 Å². The zero-order chi connectivity index (χ0) is 13.7. The van der Waals surface area contributed by atoms with Crippen molar-refractivity contribution in [2.24, 2.45) is 5.92 Å². The number of nitrogens with one attached hydrogen (secondary N) is 1. The maximum atomic E-state index is 10.9. The molecule has 1 N–H and O–H groups in total. The van der Waals surface area contributed by atoms with Crippen molar-refractivity contribution in [3.63, 3.8) is 0 Å². The Kier molecular flexibility index (Phi) is 14.8. The molecule has 0 aromatic heterocycles. The summed E-state index contributed by atoms with van der Waals surface area (Å²) in [5.74, 6) is 0.380. The SMILES string of the molecule is CC.COCCCOCC(NC(C)=O)C(C)C. The molecule has 1 atom stereocenters. The molecule has 0 heterocycles. The predicted molar refractivity (Wildman–Crippen MR) is 71.1 cm³/mol. The zero-order valence-corrected chi connectivity index (χ0v) is 12.2. The van der Waals surface area contributed by atoms with Gasteiger partial charge in [-0.3, -0.25) is 4.79 Å². The van der Waals surface area contributed by atoms with Crippen LogP contribution in [-0.2, 0) is 14.3 Å². The second-order valence-electron chi connectivity index (χ2n) is 3.97. The smallest absolute Gasteiger partial charge is 0.217 e. The van der Waals surface area contributed by atoms with E-state index in [1.54, 1.807) is 7.11 Å². The van der Waals surface area contributed by atoms with Gasteiger partial charge in [0.2, 0.25) is 5.91 Å². The molecule has 4 nitrogen and oxygen atoms in total. The fourth-order valence-electron chi connectivity index (χ4n) is 1.18. The quantitative estimate of drug-likeness (QED) is 0.669. The number of rotatable bonds is 8. The van der Waals surface area contributed by atoms with Crippen molar-refractivity contribution in [2.75, 3.05) is 26.9 Å². The predicted octanol–water partition coefficient (Wildman–Crippen LogP) is 2.23. The first-order valence-corrected chi connectivity index (χ1v) is 6.41. The number of hydrogen-bond acceptors (Lipinski definition) is 3. The van der Waals surface area contributed by atoms with Gasteiger partial charge in [0.05, 0.1) is 12.6 Å².